The number of benzene rings is 1. The molecule has 1 aromatic heterocycles. The van der Waals surface area contributed by atoms with Crippen LogP contribution in [0.3, 0.4) is 0 Å². The van der Waals surface area contributed by atoms with Crippen molar-refractivity contribution in [3.8, 4) is 11.3 Å². The van der Waals surface area contributed by atoms with Gasteiger partial charge in [-0.2, -0.15) is 0 Å². The molecule has 98 valence electrons. The standard InChI is InChI=1S/C15H15FN2O/c16-12-4-1-3-11(9-12)13-5-8-17-14(18-13)15(10-19)6-2-7-15/h1,3-5,8-9,19H,2,6-7,10H2. The Morgan fingerprint density at radius 1 is 1.26 bits per heavy atom. The average Bonchev–Trinajstić information content (AvgIpc) is 2.39. The van der Waals surface area contributed by atoms with Crippen molar-refractivity contribution in [1.29, 1.82) is 0 Å². The Kier molecular flexibility index (Phi) is 3.03. The lowest BCUT2D eigenvalue weighted by Crippen LogP contribution is -2.39. The molecule has 19 heavy (non-hydrogen) atoms. The third kappa shape index (κ3) is 2.12. The topological polar surface area (TPSA) is 46.0 Å². The molecule has 1 aliphatic rings. The van der Waals surface area contributed by atoms with Gasteiger partial charge in [-0.1, -0.05) is 18.6 Å². The van der Waals surface area contributed by atoms with Crippen LogP contribution in [0, 0.1) is 5.82 Å². The molecule has 0 bridgehead atoms. The SMILES string of the molecule is OCC1(c2nccc(-c3cccc(F)c3)n2)CCC1. The summed E-state index contributed by atoms with van der Waals surface area (Å²) in [5.74, 6) is 0.390. The Balaban J connectivity index is 2.00. The number of aliphatic hydroxyl groups is 1. The van der Waals surface area contributed by atoms with Gasteiger partial charge >= 0.3 is 0 Å². The maximum atomic E-state index is 13.2. The van der Waals surface area contributed by atoms with Crippen LogP contribution in [0.25, 0.3) is 11.3 Å². The molecule has 1 aliphatic carbocycles. The number of hydrogen-bond acceptors (Lipinski definition) is 3. The fourth-order valence-corrected chi connectivity index (χ4v) is 2.48. The highest BCUT2D eigenvalue weighted by Crippen LogP contribution is 2.41. The summed E-state index contributed by atoms with van der Waals surface area (Å²) in [5, 5.41) is 9.56. The van der Waals surface area contributed by atoms with Crippen molar-refractivity contribution >= 4 is 0 Å². The average molecular weight is 258 g/mol. The molecule has 0 atom stereocenters. The number of halogens is 1. The fraction of sp³-hybridized carbons (Fsp3) is 0.333. The van der Waals surface area contributed by atoms with Gasteiger partial charge in [0.15, 0.2) is 0 Å². The van der Waals surface area contributed by atoms with E-state index in [1.165, 1.54) is 12.1 Å². The Bertz CT molecular complexity index is 591. The lowest BCUT2D eigenvalue weighted by molar-refractivity contribution is 0.112. The summed E-state index contributed by atoms with van der Waals surface area (Å²) in [4.78, 5) is 8.80. The molecule has 0 spiro atoms. The first-order valence-electron chi connectivity index (χ1n) is 6.44. The minimum absolute atomic E-state index is 0.0691. The second-order valence-electron chi connectivity index (χ2n) is 5.07. The van der Waals surface area contributed by atoms with Crippen molar-refractivity contribution in [3.63, 3.8) is 0 Å². The minimum Gasteiger partial charge on any atom is -0.395 e. The highest BCUT2D eigenvalue weighted by molar-refractivity contribution is 5.58. The van der Waals surface area contributed by atoms with E-state index in [0.717, 1.165) is 24.8 Å². The zero-order valence-corrected chi connectivity index (χ0v) is 10.5. The molecule has 1 heterocycles. The van der Waals surface area contributed by atoms with E-state index in [0.29, 0.717) is 11.5 Å². The summed E-state index contributed by atoms with van der Waals surface area (Å²) in [6.45, 7) is 0.0691. The smallest absolute Gasteiger partial charge is 0.137 e. The third-order valence-corrected chi connectivity index (χ3v) is 3.86. The van der Waals surface area contributed by atoms with Gasteiger partial charge in [0.25, 0.3) is 0 Å². The summed E-state index contributed by atoms with van der Waals surface area (Å²) in [7, 11) is 0. The maximum absolute atomic E-state index is 13.2. The zero-order chi connectivity index (χ0) is 13.3. The number of nitrogens with zero attached hydrogens (tertiary/aromatic N) is 2. The van der Waals surface area contributed by atoms with Crippen LogP contribution in [0.2, 0.25) is 0 Å². The maximum Gasteiger partial charge on any atom is 0.137 e. The van der Waals surface area contributed by atoms with Gasteiger partial charge < -0.3 is 5.11 Å². The predicted octanol–water partition coefficient (Wildman–Crippen LogP) is 2.70. The second kappa shape index (κ2) is 4.70. The van der Waals surface area contributed by atoms with Gasteiger partial charge in [-0.15, -0.1) is 0 Å². The van der Waals surface area contributed by atoms with Crippen LogP contribution in [0.5, 0.6) is 0 Å². The molecule has 0 unspecified atom stereocenters. The molecule has 0 aliphatic heterocycles. The van der Waals surface area contributed by atoms with Crippen LogP contribution < -0.4 is 0 Å². The van der Waals surface area contributed by atoms with Crippen LogP contribution in [0.15, 0.2) is 36.5 Å². The first-order valence-corrected chi connectivity index (χ1v) is 6.44. The van der Waals surface area contributed by atoms with E-state index in [4.69, 9.17) is 0 Å². The summed E-state index contributed by atoms with van der Waals surface area (Å²) in [6.07, 6.45) is 4.60. The number of hydrogen-bond donors (Lipinski definition) is 1. The van der Waals surface area contributed by atoms with Crippen LogP contribution in [0.1, 0.15) is 25.1 Å². The lowest BCUT2D eigenvalue weighted by atomic mass is 9.68. The summed E-state index contributed by atoms with van der Waals surface area (Å²) >= 11 is 0. The molecular weight excluding hydrogens is 243 g/mol. The van der Waals surface area contributed by atoms with E-state index in [9.17, 15) is 9.50 Å². The van der Waals surface area contributed by atoms with Gasteiger partial charge in [-0.3, -0.25) is 0 Å². The Hall–Kier alpha value is -1.81. The van der Waals surface area contributed by atoms with Crippen molar-refractivity contribution in [1.82, 2.24) is 9.97 Å². The number of aliphatic hydroxyl groups excluding tert-OH is 1. The quantitative estimate of drug-likeness (QED) is 0.920. The van der Waals surface area contributed by atoms with Crippen LogP contribution in [-0.4, -0.2) is 21.7 Å². The molecule has 1 aromatic carbocycles. The van der Waals surface area contributed by atoms with E-state index < -0.39 is 0 Å². The van der Waals surface area contributed by atoms with Gasteiger partial charge in [-0.25, -0.2) is 14.4 Å². The Morgan fingerprint density at radius 3 is 2.74 bits per heavy atom. The molecule has 0 radical (unpaired) electrons. The first-order chi connectivity index (χ1) is 9.23. The summed E-state index contributed by atoms with van der Waals surface area (Å²) in [5.41, 5.74) is 1.14. The molecule has 1 saturated carbocycles. The van der Waals surface area contributed by atoms with E-state index in [-0.39, 0.29) is 17.8 Å². The van der Waals surface area contributed by atoms with E-state index in [1.54, 1.807) is 18.3 Å². The zero-order valence-electron chi connectivity index (χ0n) is 10.5. The van der Waals surface area contributed by atoms with Crippen molar-refractivity contribution in [2.45, 2.75) is 24.7 Å². The molecule has 3 nitrogen and oxygen atoms in total. The lowest BCUT2D eigenvalue weighted by Gasteiger charge is -2.38. The van der Waals surface area contributed by atoms with Gasteiger partial charge in [0, 0.05) is 11.8 Å². The summed E-state index contributed by atoms with van der Waals surface area (Å²) < 4.78 is 13.2. The third-order valence-electron chi connectivity index (χ3n) is 3.86. The molecular formula is C15H15FN2O. The number of rotatable bonds is 3. The van der Waals surface area contributed by atoms with Gasteiger partial charge in [0.2, 0.25) is 0 Å². The fourth-order valence-electron chi connectivity index (χ4n) is 2.48. The van der Waals surface area contributed by atoms with E-state index in [2.05, 4.69) is 9.97 Å². The predicted molar refractivity (Wildman–Crippen MR) is 70.0 cm³/mol. The monoisotopic (exact) mass is 258 g/mol. The minimum atomic E-state index is -0.288. The van der Waals surface area contributed by atoms with Crippen molar-refractivity contribution < 1.29 is 9.50 Å². The Morgan fingerprint density at radius 2 is 2.11 bits per heavy atom. The van der Waals surface area contributed by atoms with E-state index in [1.807, 2.05) is 6.07 Å². The number of aromatic nitrogens is 2. The Labute approximate surface area is 111 Å². The van der Waals surface area contributed by atoms with Crippen molar-refractivity contribution in [3.05, 3.63) is 48.2 Å². The molecule has 1 N–H and O–H groups in total. The van der Waals surface area contributed by atoms with Crippen LogP contribution in [-0.2, 0) is 5.41 Å². The normalized spacial score (nSPS) is 16.9. The molecule has 3 rings (SSSR count). The van der Waals surface area contributed by atoms with Gasteiger partial charge in [0.1, 0.15) is 11.6 Å². The van der Waals surface area contributed by atoms with Gasteiger partial charge in [0.05, 0.1) is 17.7 Å². The largest absolute Gasteiger partial charge is 0.395 e. The second-order valence-corrected chi connectivity index (χ2v) is 5.07. The van der Waals surface area contributed by atoms with E-state index >= 15 is 0 Å². The first kappa shape index (κ1) is 12.2. The molecule has 0 saturated heterocycles. The highest BCUT2D eigenvalue weighted by atomic mass is 19.1. The molecule has 2 aromatic rings. The molecule has 0 amide bonds. The highest BCUT2D eigenvalue weighted by Gasteiger charge is 2.40. The van der Waals surface area contributed by atoms with Crippen LogP contribution >= 0.6 is 0 Å². The van der Waals surface area contributed by atoms with Gasteiger partial charge in [-0.05, 0) is 31.0 Å². The molecule has 1 fully saturated rings. The van der Waals surface area contributed by atoms with Crippen molar-refractivity contribution in [2.24, 2.45) is 0 Å². The summed E-state index contributed by atoms with van der Waals surface area (Å²) in [6, 6.07) is 8.12. The molecule has 4 heteroatoms. The van der Waals surface area contributed by atoms with Crippen molar-refractivity contribution in [2.75, 3.05) is 6.61 Å². The van der Waals surface area contributed by atoms with Crippen LogP contribution in [0.4, 0.5) is 4.39 Å².